The first-order chi connectivity index (χ1) is 16.9. The lowest BCUT2D eigenvalue weighted by atomic mass is 10.2. The molecule has 2 heterocycles. The minimum Gasteiger partial charge on any atom is -0.383 e. The minimum atomic E-state index is -0.734. The molecule has 0 fully saturated rings. The van der Waals surface area contributed by atoms with E-state index in [2.05, 4.69) is 10.1 Å². The van der Waals surface area contributed by atoms with Crippen LogP contribution in [0.5, 0.6) is 0 Å². The van der Waals surface area contributed by atoms with Gasteiger partial charge in [-0.1, -0.05) is 63.4 Å². The molecule has 0 spiro atoms. The zero-order chi connectivity index (χ0) is 25.4. The van der Waals surface area contributed by atoms with Gasteiger partial charge in [0.25, 0.3) is 17.0 Å². The van der Waals surface area contributed by atoms with Crippen LogP contribution < -0.4 is 27.4 Å². The Hall–Kier alpha value is -3.95. The number of H-pyrrole nitrogens is 1. The van der Waals surface area contributed by atoms with Crippen molar-refractivity contribution >= 4 is 17.4 Å². The third kappa shape index (κ3) is 6.14. The first-order valence-corrected chi connectivity index (χ1v) is 11.9. The zero-order valence-corrected chi connectivity index (χ0v) is 20.2. The van der Waals surface area contributed by atoms with Crippen molar-refractivity contribution < 1.29 is 4.79 Å². The third-order valence-corrected chi connectivity index (χ3v) is 5.71. The molecule has 0 saturated carbocycles. The Morgan fingerprint density at radius 1 is 1.00 bits per heavy atom. The van der Waals surface area contributed by atoms with Crippen LogP contribution in [0.2, 0.25) is 0 Å². The van der Waals surface area contributed by atoms with Gasteiger partial charge < -0.3 is 5.73 Å². The van der Waals surface area contributed by atoms with E-state index in [1.807, 2.05) is 44.2 Å². The molecule has 0 atom stereocenters. The Kier molecular flexibility index (Phi) is 8.77. The normalized spacial score (nSPS) is 10.9. The van der Waals surface area contributed by atoms with E-state index >= 15 is 0 Å². The first kappa shape index (κ1) is 25.7. The summed E-state index contributed by atoms with van der Waals surface area (Å²) in [5.41, 5.74) is 5.36. The summed E-state index contributed by atoms with van der Waals surface area (Å²) in [6.07, 6.45) is 3.87. The summed E-state index contributed by atoms with van der Waals surface area (Å²) in [6, 6.07) is 11.9. The maximum Gasteiger partial charge on any atom is 0.330 e. The molecule has 10 heteroatoms. The van der Waals surface area contributed by atoms with E-state index in [1.165, 1.54) is 26.3 Å². The van der Waals surface area contributed by atoms with Crippen LogP contribution in [0, 0.1) is 0 Å². The van der Waals surface area contributed by atoms with Crippen molar-refractivity contribution in [2.24, 2.45) is 0 Å². The number of anilines is 2. The quantitative estimate of drug-likeness (QED) is 0.404. The molecule has 0 bridgehead atoms. The van der Waals surface area contributed by atoms with Crippen LogP contribution in [0.15, 0.2) is 56.8 Å². The molecule has 3 aromatic rings. The number of nitrogen functional groups attached to an aromatic ring is 1. The highest BCUT2D eigenvalue weighted by Gasteiger charge is 2.26. The van der Waals surface area contributed by atoms with Crippen LogP contribution in [0.3, 0.4) is 0 Å². The van der Waals surface area contributed by atoms with E-state index in [1.54, 1.807) is 0 Å². The molecule has 186 valence electrons. The smallest absolute Gasteiger partial charge is 0.330 e. The van der Waals surface area contributed by atoms with E-state index in [9.17, 15) is 19.2 Å². The highest BCUT2D eigenvalue weighted by molar-refractivity contribution is 6.05. The largest absolute Gasteiger partial charge is 0.383 e. The fourth-order valence-electron chi connectivity index (χ4n) is 3.78. The molecule has 0 aliphatic rings. The number of nitrogens with two attached hydrogens (primary N) is 1. The molecule has 10 nitrogen and oxygen atoms in total. The Morgan fingerprint density at radius 3 is 2.40 bits per heavy atom. The lowest BCUT2D eigenvalue weighted by Gasteiger charge is -2.24. The molecule has 1 aromatic carbocycles. The van der Waals surface area contributed by atoms with Crippen LogP contribution in [0.25, 0.3) is 0 Å². The van der Waals surface area contributed by atoms with Crippen molar-refractivity contribution in [2.45, 2.75) is 59.0 Å². The number of nitrogens with one attached hydrogen (secondary N) is 1. The van der Waals surface area contributed by atoms with Gasteiger partial charge in [-0.15, -0.1) is 0 Å². The summed E-state index contributed by atoms with van der Waals surface area (Å²) in [4.78, 5) is 54.8. The summed E-state index contributed by atoms with van der Waals surface area (Å²) in [7, 11) is 0. The van der Waals surface area contributed by atoms with Crippen LogP contribution >= 0.6 is 0 Å². The second-order valence-electron chi connectivity index (χ2n) is 8.36. The van der Waals surface area contributed by atoms with Gasteiger partial charge in [0.2, 0.25) is 0 Å². The molecule has 2 aromatic heterocycles. The van der Waals surface area contributed by atoms with Gasteiger partial charge in [-0.25, -0.2) is 9.48 Å². The average molecular weight is 481 g/mol. The molecule has 0 aliphatic heterocycles. The lowest BCUT2D eigenvalue weighted by Crippen LogP contribution is -2.42. The molecule has 3 rings (SSSR count). The number of amides is 1. The van der Waals surface area contributed by atoms with Crippen LogP contribution in [-0.2, 0) is 13.1 Å². The van der Waals surface area contributed by atoms with Gasteiger partial charge >= 0.3 is 5.69 Å². The Labute approximate surface area is 203 Å². The molecule has 1 amide bonds. The number of aromatic amines is 1. The molecule has 0 unspecified atom stereocenters. The van der Waals surface area contributed by atoms with Crippen molar-refractivity contribution in [1.82, 2.24) is 19.3 Å². The number of unbranched alkanes of at least 4 members (excludes halogenated alkanes) is 3. The maximum absolute atomic E-state index is 13.6. The van der Waals surface area contributed by atoms with Crippen molar-refractivity contribution in [1.29, 1.82) is 0 Å². The van der Waals surface area contributed by atoms with Crippen molar-refractivity contribution in [3.63, 3.8) is 0 Å². The number of hydrogen-bond acceptors (Lipinski definition) is 6. The zero-order valence-electron chi connectivity index (χ0n) is 20.2. The molecule has 0 radical (unpaired) electrons. The summed E-state index contributed by atoms with van der Waals surface area (Å²) in [5, 5.41) is 4.28. The highest BCUT2D eigenvalue weighted by Crippen LogP contribution is 2.20. The Balaban J connectivity index is 2.05. The van der Waals surface area contributed by atoms with E-state index < -0.39 is 17.2 Å². The van der Waals surface area contributed by atoms with Crippen LogP contribution in [0.1, 0.15) is 62.0 Å². The Morgan fingerprint density at radius 2 is 1.71 bits per heavy atom. The van der Waals surface area contributed by atoms with Crippen LogP contribution in [-0.4, -0.2) is 31.8 Å². The average Bonchev–Trinajstić information content (AvgIpc) is 2.84. The van der Waals surface area contributed by atoms with E-state index in [-0.39, 0.29) is 35.8 Å². The van der Waals surface area contributed by atoms with Gasteiger partial charge in [-0.2, -0.15) is 5.10 Å². The number of benzene rings is 1. The second-order valence-corrected chi connectivity index (χ2v) is 8.36. The fraction of sp³-hybridized carbons (Fsp3) is 0.400. The summed E-state index contributed by atoms with van der Waals surface area (Å²) in [6.45, 7) is 4.73. The topological polar surface area (TPSA) is 136 Å². The molecule has 35 heavy (non-hydrogen) atoms. The molecule has 0 aliphatic carbocycles. The summed E-state index contributed by atoms with van der Waals surface area (Å²) >= 11 is 0. The Bertz CT molecular complexity index is 1330. The molecular weight excluding hydrogens is 448 g/mol. The second kappa shape index (κ2) is 12.0. The number of carbonyl (C=O) groups excluding carboxylic acids is 1. The predicted octanol–water partition coefficient (Wildman–Crippen LogP) is 2.36. The fourth-order valence-corrected chi connectivity index (χ4v) is 3.78. The van der Waals surface area contributed by atoms with Gasteiger partial charge in [0, 0.05) is 19.2 Å². The molecule has 3 N–H and O–H groups in total. The molecular formula is C25H32N6O4. The minimum absolute atomic E-state index is 0.00198. The number of aromatic nitrogens is 4. The van der Waals surface area contributed by atoms with Gasteiger partial charge in [0.15, 0.2) is 5.69 Å². The maximum atomic E-state index is 13.6. The van der Waals surface area contributed by atoms with E-state index in [0.717, 1.165) is 24.8 Å². The van der Waals surface area contributed by atoms with Gasteiger partial charge in [0.05, 0.1) is 6.54 Å². The first-order valence-electron chi connectivity index (χ1n) is 11.9. The number of carbonyl (C=O) groups is 1. The van der Waals surface area contributed by atoms with E-state index in [4.69, 9.17) is 5.73 Å². The number of rotatable bonds is 11. The summed E-state index contributed by atoms with van der Waals surface area (Å²) < 4.78 is 2.49. The van der Waals surface area contributed by atoms with Crippen molar-refractivity contribution in [2.75, 3.05) is 17.2 Å². The predicted molar refractivity (Wildman–Crippen MR) is 136 cm³/mol. The van der Waals surface area contributed by atoms with E-state index in [0.29, 0.717) is 19.4 Å². The number of nitrogens with zero attached hydrogens (tertiary/aromatic N) is 4. The number of hydrogen-bond donors (Lipinski definition) is 2. The molecule has 0 saturated heterocycles. The summed E-state index contributed by atoms with van der Waals surface area (Å²) in [5.74, 6) is -0.629. The monoisotopic (exact) mass is 480 g/mol. The lowest BCUT2D eigenvalue weighted by molar-refractivity contribution is 0.0979. The third-order valence-electron chi connectivity index (χ3n) is 5.71. The van der Waals surface area contributed by atoms with Crippen molar-refractivity contribution in [3.8, 4) is 0 Å². The van der Waals surface area contributed by atoms with Crippen molar-refractivity contribution in [3.05, 3.63) is 84.9 Å². The van der Waals surface area contributed by atoms with Gasteiger partial charge in [-0.05, 0) is 24.5 Å². The SMILES string of the molecule is CCCCCN(C(=O)c1ccc(=O)n(Cc2ccccc2)n1)c1c(N)n(CCCC)c(=O)[nH]c1=O. The highest BCUT2D eigenvalue weighted by atomic mass is 16.2. The standard InChI is InChI=1S/C25H32N6O4/c1-3-5-10-16-29(21-22(26)30(15-6-4-2)25(35)27-23(21)33)24(34)19-13-14-20(32)31(28-19)17-18-11-8-7-9-12-18/h7-9,11-14H,3-6,10,15-17,26H2,1-2H3,(H,27,33,35). The van der Waals surface area contributed by atoms with Gasteiger partial charge in [-0.3, -0.25) is 28.8 Å². The van der Waals surface area contributed by atoms with Gasteiger partial charge in [0.1, 0.15) is 11.5 Å². The van der Waals surface area contributed by atoms with Crippen LogP contribution in [0.4, 0.5) is 11.5 Å².